The minimum atomic E-state index is -0.834. The fraction of sp³-hybridized carbons (Fsp3) is 0.162. The van der Waals surface area contributed by atoms with Gasteiger partial charge in [-0.25, -0.2) is 19.3 Å². The molecule has 2 aromatic heterocycles. The van der Waals surface area contributed by atoms with Crippen molar-refractivity contribution < 1.29 is 23.8 Å². The van der Waals surface area contributed by atoms with E-state index in [0.29, 0.717) is 44.0 Å². The molecule has 0 bridgehead atoms. The van der Waals surface area contributed by atoms with Gasteiger partial charge in [-0.3, -0.25) is 9.36 Å². The molecule has 242 valence electrons. The summed E-state index contributed by atoms with van der Waals surface area (Å²) in [5.74, 6) is -0.353. The number of hydrogen-bond acceptors (Lipinski definition) is 9. The molecule has 0 spiro atoms. The van der Waals surface area contributed by atoms with E-state index in [-0.39, 0.29) is 11.1 Å². The van der Waals surface area contributed by atoms with Gasteiger partial charge in [-0.2, -0.15) is 5.10 Å². The highest BCUT2D eigenvalue weighted by atomic mass is 32.1. The van der Waals surface area contributed by atoms with Crippen molar-refractivity contribution >= 4 is 29.4 Å². The normalized spacial score (nSPS) is 14.2. The van der Waals surface area contributed by atoms with Crippen LogP contribution in [0.1, 0.15) is 40.0 Å². The van der Waals surface area contributed by atoms with E-state index < -0.39 is 18.0 Å². The number of carbonyl (C=O) groups is 2. The molecule has 11 heteroatoms. The van der Waals surface area contributed by atoms with E-state index in [9.17, 15) is 14.4 Å². The Kier molecular flexibility index (Phi) is 9.04. The average Bonchev–Trinajstić information content (AvgIpc) is 3.67. The van der Waals surface area contributed by atoms with Gasteiger partial charge in [-0.1, -0.05) is 54.3 Å². The summed E-state index contributed by atoms with van der Waals surface area (Å²) in [4.78, 5) is 44.6. The van der Waals surface area contributed by atoms with Crippen molar-refractivity contribution in [1.29, 1.82) is 0 Å². The Labute approximate surface area is 280 Å². The summed E-state index contributed by atoms with van der Waals surface area (Å²) in [5, 5.41) is 4.94. The number of fused-ring (bicyclic) bond motifs is 1. The van der Waals surface area contributed by atoms with E-state index in [2.05, 4.69) is 11.6 Å². The third-order valence-corrected chi connectivity index (χ3v) is 8.91. The standard InChI is InChI=1S/C37H32N4O6S/c1-6-18-47-29-17-16-26(19-22(29)2)32-27(21-40(39-32)28-10-8-7-9-11-28)20-30-34(42)41-33(24-12-14-25(15-13-24)35(43)45-4)31(36(44)46-5)23(3)38-37(41)48-30/h6-17,19-21,33H,1,18H2,2-5H3. The molecule has 1 aliphatic heterocycles. The van der Waals surface area contributed by atoms with Gasteiger partial charge >= 0.3 is 11.9 Å². The van der Waals surface area contributed by atoms with Gasteiger partial charge in [-0.05, 0) is 73.5 Å². The van der Waals surface area contributed by atoms with Gasteiger partial charge in [-0.15, -0.1) is 0 Å². The van der Waals surface area contributed by atoms with Crippen LogP contribution < -0.4 is 19.6 Å². The van der Waals surface area contributed by atoms with Gasteiger partial charge in [0.1, 0.15) is 18.1 Å². The van der Waals surface area contributed by atoms with Gasteiger partial charge in [0.2, 0.25) is 0 Å². The minimum Gasteiger partial charge on any atom is -0.489 e. The van der Waals surface area contributed by atoms with Crippen molar-refractivity contribution in [3.8, 4) is 22.7 Å². The highest BCUT2D eigenvalue weighted by Gasteiger charge is 2.33. The monoisotopic (exact) mass is 660 g/mol. The molecule has 1 atom stereocenters. The van der Waals surface area contributed by atoms with Gasteiger partial charge < -0.3 is 14.2 Å². The van der Waals surface area contributed by atoms with Gasteiger partial charge in [0.25, 0.3) is 5.56 Å². The van der Waals surface area contributed by atoms with E-state index >= 15 is 0 Å². The van der Waals surface area contributed by atoms with Crippen LogP contribution in [-0.2, 0) is 14.3 Å². The van der Waals surface area contributed by atoms with E-state index in [4.69, 9.17) is 19.3 Å². The predicted octanol–water partition coefficient (Wildman–Crippen LogP) is 4.92. The molecule has 6 rings (SSSR count). The molecule has 0 radical (unpaired) electrons. The van der Waals surface area contributed by atoms with E-state index in [1.54, 1.807) is 48.0 Å². The van der Waals surface area contributed by atoms with Gasteiger partial charge in [0.05, 0.1) is 47.3 Å². The summed E-state index contributed by atoms with van der Waals surface area (Å²) in [5.41, 5.74) is 5.30. The molecular weight excluding hydrogens is 628 g/mol. The number of hydrogen-bond donors (Lipinski definition) is 0. The van der Waals surface area contributed by atoms with Crippen molar-refractivity contribution in [1.82, 2.24) is 14.3 Å². The molecule has 1 unspecified atom stereocenters. The van der Waals surface area contributed by atoms with Crippen LogP contribution in [0.15, 0.2) is 113 Å². The summed E-state index contributed by atoms with van der Waals surface area (Å²) in [6.07, 6.45) is 5.38. The van der Waals surface area contributed by atoms with Crippen LogP contribution in [0.4, 0.5) is 0 Å². The molecule has 10 nitrogen and oxygen atoms in total. The Morgan fingerprint density at radius 3 is 2.38 bits per heavy atom. The van der Waals surface area contributed by atoms with Crippen LogP contribution in [0.3, 0.4) is 0 Å². The third-order valence-electron chi connectivity index (χ3n) is 7.93. The molecule has 0 N–H and O–H groups in total. The lowest BCUT2D eigenvalue weighted by molar-refractivity contribution is -0.136. The Hall–Kier alpha value is -5.81. The first-order valence-corrected chi connectivity index (χ1v) is 15.8. The number of para-hydroxylation sites is 1. The number of benzene rings is 3. The van der Waals surface area contributed by atoms with Crippen LogP contribution >= 0.6 is 11.3 Å². The largest absolute Gasteiger partial charge is 0.489 e. The van der Waals surface area contributed by atoms with Crippen LogP contribution in [0.25, 0.3) is 23.0 Å². The number of aryl methyl sites for hydroxylation is 1. The Balaban J connectivity index is 1.53. The molecule has 0 saturated carbocycles. The van der Waals surface area contributed by atoms with Crippen LogP contribution in [-0.4, -0.2) is 47.1 Å². The van der Waals surface area contributed by atoms with Gasteiger partial charge in [0, 0.05) is 17.3 Å². The van der Waals surface area contributed by atoms with Crippen molar-refractivity contribution in [2.75, 3.05) is 20.8 Å². The zero-order chi connectivity index (χ0) is 33.9. The summed E-state index contributed by atoms with van der Waals surface area (Å²) < 4.78 is 19.4. The molecule has 5 aromatic rings. The molecule has 3 aromatic carbocycles. The SMILES string of the molecule is C=CCOc1ccc(-c2nn(-c3ccccc3)cc2C=c2sc3n(c2=O)C(c2ccc(C(=O)OC)cc2)C(C(=O)OC)=C(C)N=3)cc1C. The number of rotatable bonds is 9. The fourth-order valence-corrected chi connectivity index (χ4v) is 6.64. The predicted molar refractivity (Wildman–Crippen MR) is 183 cm³/mol. The number of methoxy groups -OCH3 is 2. The Bertz CT molecular complexity index is 2260. The maximum Gasteiger partial charge on any atom is 0.338 e. The number of thiazole rings is 1. The first-order valence-electron chi connectivity index (χ1n) is 15.0. The first kappa shape index (κ1) is 32.1. The van der Waals surface area contributed by atoms with Crippen molar-refractivity contribution in [2.24, 2.45) is 4.99 Å². The highest BCUT2D eigenvalue weighted by Crippen LogP contribution is 2.32. The molecule has 0 fully saturated rings. The second-order valence-electron chi connectivity index (χ2n) is 11.0. The topological polar surface area (TPSA) is 114 Å². The Morgan fingerprint density at radius 1 is 0.979 bits per heavy atom. The molecule has 3 heterocycles. The lowest BCUT2D eigenvalue weighted by Crippen LogP contribution is -2.39. The van der Waals surface area contributed by atoms with Crippen molar-refractivity contribution in [3.63, 3.8) is 0 Å². The number of nitrogens with zero attached hydrogens (tertiary/aromatic N) is 4. The first-order chi connectivity index (χ1) is 23.2. The number of esters is 2. The van der Waals surface area contributed by atoms with E-state index in [0.717, 1.165) is 22.6 Å². The third kappa shape index (κ3) is 6.03. The minimum absolute atomic E-state index is 0.231. The van der Waals surface area contributed by atoms with E-state index in [1.807, 2.05) is 61.7 Å². The van der Waals surface area contributed by atoms with Crippen LogP contribution in [0.2, 0.25) is 0 Å². The summed E-state index contributed by atoms with van der Waals surface area (Å²) in [7, 11) is 2.59. The van der Waals surface area contributed by atoms with Crippen LogP contribution in [0, 0.1) is 6.92 Å². The number of ether oxygens (including phenoxy) is 3. The van der Waals surface area contributed by atoms with E-state index in [1.165, 1.54) is 30.1 Å². The van der Waals surface area contributed by atoms with Gasteiger partial charge in [0.15, 0.2) is 4.80 Å². The quantitative estimate of drug-likeness (QED) is 0.163. The van der Waals surface area contributed by atoms with Crippen molar-refractivity contribution in [2.45, 2.75) is 19.9 Å². The molecule has 48 heavy (non-hydrogen) atoms. The lowest BCUT2D eigenvalue weighted by Gasteiger charge is -2.24. The lowest BCUT2D eigenvalue weighted by atomic mass is 9.95. The highest BCUT2D eigenvalue weighted by molar-refractivity contribution is 7.07. The van der Waals surface area contributed by atoms with Crippen molar-refractivity contribution in [3.05, 3.63) is 145 Å². The molecule has 0 saturated heterocycles. The summed E-state index contributed by atoms with van der Waals surface area (Å²) >= 11 is 1.22. The molecule has 0 aliphatic carbocycles. The number of allylic oxidation sites excluding steroid dienone is 1. The fourth-order valence-electron chi connectivity index (χ4n) is 5.61. The maximum absolute atomic E-state index is 14.3. The second-order valence-corrected chi connectivity index (χ2v) is 12.0. The molecular formula is C37H32N4O6S. The smallest absolute Gasteiger partial charge is 0.338 e. The summed E-state index contributed by atoms with van der Waals surface area (Å²) in [6.45, 7) is 7.79. The number of aromatic nitrogens is 3. The molecule has 1 aliphatic rings. The Morgan fingerprint density at radius 2 is 1.71 bits per heavy atom. The number of carbonyl (C=O) groups excluding carboxylic acids is 2. The molecule has 0 amide bonds. The second kappa shape index (κ2) is 13.5. The average molecular weight is 661 g/mol. The zero-order valence-corrected chi connectivity index (χ0v) is 27.6. The zero-order valence-electron chi connectivity index (χ0n) is 26.8. The maximum atomic E-state index is 14.3. The summed E-state index contributed by atoms with van der Waals surface area (Å²) in [6, 6.07) is 21.3. The van der Waals surface area contributed by atoms with Crippen LogP contribution in [0.5, 0.6) is 5.75 Å².